The molecule has 1 aromatic carbocycles. The first kappa shape index (κ1) is 20.2. The average molecular weight is 347 g/mol. The van der Waals surface area contributed by atoms with Crippen molar-refractivity contribution in [1.82, 2.24) is 10.6 Å². The summed E-state index contributed by atoms with van der Waals surface area (Å²) in [5.74, 6) is 0.444. The number of hydrogen-bond acceptors (Lipinski definition) is 3. The average Bonchev–Trinajstić information content (AvgIpc) is 2.54. The third-order valence-electron chi connectivity index (χ3n) is 3.52. The third kappa shape index (κ3) is 7.48. The standard InChI is InChI=1S/C18H22FN3O3/c1-3-4-5-6-15(17(20)24)22-18(25)16(21-12(2)23)11-13-7-9-14(19)10-8-13/h1,7-10,15-16H,4-6,11H2,2H3,(H2,20,24)(H,21,23)(H,22,25)/t15-,16-/m0/s1. The Hall–Kier alpha value is -2.88. The fourth-order valence-electron chi connectivity index (χ4n) is 2.28. The van der Waals surface area contributed by atoms with Crippen molar-refractivity contribution in [2.45, 2.75) is 44.7 Å². The van der Waals surface area contributed by atoms with Crippen LogP contribution >= 0.6 is 0 Å². The minimum Gasteiger partial charge on any atom is -0.368 e. The molecule has 0 unspecified atom stereocenters. The van der Waals surface area contributed by atoms with Gasteiger partial charge in [0.05, 0.1) is 0 Å². The highest BCUT2D eigenvalue weighted by Crippen LogP contribution is 2.07. The Labute approximate surface area is 146 Å². The minimum absolute atomic E-state index is 0.154. The van der Waals surface area contributed by atoms with E-state index in [2.05, 4.69) is 16.6 Å². The number of primary amides is 1. The van der Waals surface area contributed by atoms with Crippen LogP contribution in [0.2, 0.25) is 0 Å². The van der Waals surface area contributed by atoms with Gasteiger partial charge in [-0.15, -0.1) is 12.3 Å². The van der Waals surface area contributed by atoms with Crippen molar-refractivity contribution in [3.05, 3.63) is 35.6 Å². The van der Waals surface area contributed by atoms with Gasteiger partial charge in [0.15, 0.2) is 0 Å². The van der Waals surface area contributed by atoms with Crippen LogP contribution in [0.25, 0.3) is 0 Å². The molecule has 7 heteroatoms. The summed E-state index contributed by atoms with van der Waals surface area (Å²) in [6.45, 7) is 1.28. The van der Waals surface area contributed by atoms with Crippen LogP contribution < -0.4 is 16.4 Å². The topological polar surface area (TPSA) is 101 Å². The molecule has 3 amide bonds. The van der Waals surface area contributed by atoms with Gasteiger partial charge in [-0.3, -0.25) is 14.4 Å². The number of nitrogens with two attached hydrogens (primary N) is 1. The molecule has 0 heterocycles. The zero-order valence-corrected chi connectivity index (χ0v) is 14.0. The first-order valence-electron chi connectivity index (χ1n) is 7.88. The van der Waals surface area contributed by atoms with Crippen LogP contribution in [-0.2, 0) is 20.8 Å². The van der Waals surface area contributed by atoms with Crippen molar-refractivity contribution in [1.29, 1.82) is 0 Å². The maximum absolute atomic E-state index is 13.0. The van der Waals surface area contributed by atoms with E-state index in [0.717, 1.165) is 0 Å². The van der Waals surface area contributed by atoms with Crippen LogP contribution in [0, 0.1) is 18.2 Å². The zero-order chi connectivity index (χ0) is 18.8. The van der Waals surface area contributed by atoms with E-state index in [4.69, 9.17) is 12.2 Å². The predicted molar refractivity (Wildman–Crippen MR) is 91.5 cm³/mol. The molecule has 1 aromatic rings. The number of nitrogens with one attached hydrogen (secondary N) is 2. The van der Waals surface area contributed by atoms with Gasteiger partial charge in [-0.2, -0.15) is 0 Å². The molecule has 0 aliphatic carbocycles. The number of amides is 3. The number of unbranched alkanes of at least 4 members (excludes halogenated alkanes) is 1. The number of carbonyl (C=O) groups excluding carboxylic acids is 3. The van der Waals surface area contributed by atoms with Crippen molar-refractivity contribution in [2.24, 2.45) is 5.73 Å². The van der Waals surface area contributed by atoms with Crippen molar-refractivity contribution >= 4 is 17.7 Å². The van der Waals surface area contributed by atoms with Gasteiger partial charge in [-0.1, -0.05) is 12.1 Å². The number of carbonyl (C=O) groups is 3. The fourth-order valence-corrected chi connectivity index (χ4v) is 2.28. The number of hydrogen-bond donors (Lipinski definition) is 3. The van der Waals surface area contributed by atoms with E-state index in [1.54, 1.807) is 0 Å². The maximum atomic E-state index is 13.0. The molecule has 2 atom stereocenters. The summed E-state index contributed by atoms with van der Waals surface area (Å²) in [6.07, 6.45) is 6.63. The largest absolute Gasteiger partial charge is 0.368 e. The van der Waals surface area contributed by atoms with Crippen LogP contribution in [0.4, 0.5) is 4.39 Å². The zero-order valence-electron chi connectivity index (χ0n) is 14.0. The lowest BCUT2D eigenvalue weighted by molar-refractivity contribution is -0.130. The first-order chi connectivity index (χ1) is 11.8. The maximum Gasteiger partial charge on any atom is 0.243 e. The van der Waals surface area contributed by atoms with E-state index in [9.17, 15) is 18.8 Å². The second-order valence-electron chi connectivity index (χ2n) is 5.64. The fraction of sp³-hybridized carbons (Fsp3) is 0.389. The molecule has 0 saturated heterocycles. The van der Waals surface area contributed by atoms with E-state index >= 15 is 0 Å². The number of rotatable bonds is 9. The Morgan fingerprint density at radius 3 is 2.36 bits per heavy atom. The predicted octanol–water partition coefficient (Wildman–Crippen LogP) is 0.647. The molecule has 0 fully saturated rings. The molecule has 1 rings (SSSR count). The van der Waals surface area contributed by atoms with E-state index in [0.29, 0.717) is 24.8 Å². The van der Waals surface area contributed by atoms with Crippen LogP contribution in [0.3, 0.4) is 0 Å². The Morgan fingerprint density at radius 1 is 1.20 bits per heavy atom. The molecule has 0 aromatic heterocycles. The molecule has 4 N–H and O–H groups in total. The Bertz CT molecular complexity index is 653. The summed E-state index contributed by atoms with van der Waals surface area (Å²) >= 11 is 0. The van der Waals surface area contributed by atoms with Crippen LogP contribution in [-0.4, -0.2) is 29.8 Å². The van der Waals surface area contributed by atoms with Crippen molar-refractivity contribution < 1.29 is 18.8 Å². The molecule has 0 radical (unpaired) electrons. The minimum atomic E-state index is -0.905. The normalized spacial score (nSPS) is 12.5. The molecule has 0 aliphatic rings. The van der Waals surface area contributed by atoms with Gasteiger partial charge in [0, 0.05) is 19.8 Å². The van der Waals surface area contributed by atoms with Crippen molar-refractivity contribution in [2.75, 3.05) is 0 Å². The Kier molecular flexibility index (Phi) is 8.13. The van der Waals surface area contributed by atoms with Crippen molar-refractivity contribution in [3.8, 4) is 12.3 Å². The molecule has 0 bridgehead atoms. The van der Waals surface area contributed by atoms with E-state index < -0.39 is 35.6 Å². The number of terminal acetylenes is 1. The lowest BCUT2D eigenvalue weighted by Crippen LogP contribution is -2.53. The van der Waals surface area contributed by atoms with Crippen LogP contribution in [0.15, 0.2) is 24.3 Å². The lowest BCUT2D eigenvalue weighted by atomic mass is 10.0. The molecule has 134 valence electrons. The summed E-state index contributed by atoms with van der Waals surface area (Å²) in [5, 5.41) is 5.07. The van der Waals surface area contributed by atoms with Gasteiger partial charge in [-0.25, -0.2) is 4.39 Å². The highest BCUT2D eigenvalue weighted by molar-refractivity contribution is 5.91. The van der Waals surface area contributed by atoms with Crippen molar-refractivity contribution in [3.63, 3.8) is 0 Å². The highest BCUT2D eigenvalue weighted by atomic mass is 19.1. The molecule has 6 nitrogen and oxygen atoms in total. The van der Waals surface area contributed by atoms with Crippen LogP contribution in [0.5, 0.6) is 0 Å². The molecule has 0 saturated carbocycles. The lowest BCUT2D eigenvalue weighted by Gasteiger charge is -2.21. The Morgan fingerprint density at radius 2 is 1.84 bits per heavy atom. The first-order valence-corrected chi connectivity index (χ1v) is 7.88. The molecule has 0 aliphatic heterocycles. The summed E-state index contributed by atoms with van der Waals surface area (Å²) in [5.41, 5.74) is 5.97. The number of halogens is 1. The Balaban J connectivity index is 2.80. The molecule has 0 spiro atoms. The van der Waals surface area contributed by atoms with E-state index in [1.165, 1.54) is 31.2 Å². The monoisotopic (exact) mass is 347 g/mol. The second kappa shape index (κ2) is 10.1. The highest BCUT2D eigenvalue weighted by Gasteiger charge is 2.25. The summed E-state index contributed by atoms with van der Waals surface area (Å²) in [4.78, 5) is 35.3. The summed E-state index contributed by atoms with van der Waals surface area (Å²) in [6, 6.07) is 3.81. The van der Waals surface area contributed by atoms with Gasteiger partial charge >= 0.3 is 0 Å². The van der Waals surface area contributed by atoms with Gasteiger partial charge in [0.25, 0.3) is 0 Å². The second-order valence-corrected chi connectivity index (χ2v) is 5.64. The van der Waals surface area contributed by atoms with E-state index in [1.807, 2.05) is 0 Å². The van der Waals surface area contributed by atoms with Gasteiger partial charge in [0.1, 0.15) is 17.9 Å². The smallest absolute Gasteiger partial charge is 0.243 e. The van der Waals surface area contributed by atoms with Crippen LogP contribution in [0.1, 0.15) is 31.7 Å². The SMILES string of the molecule is C#CCCC[C@H](NC(=O)[C@H](Cc1ccc(F)cc1)NC(C)=O)C(N)=O. The third-order valence-corrected chi connectivity index (χ3v) is 3.52. The molecule has 25 heavy (non-hydrogen) atoms. The van der Waals surface area contributed by atoms with Gasteiger partial charge in [0.2, 0.25) is 17.7 Å². The summed E-state index contributed by atoms with van der Waals surface area (Å²) < 4.78 is 13.0. The van der Waals surface area contributed by atoms with Gasteiger partial charge in [-0.05, 0) is 30.5 Å². The molecular formula is C18H22FN3O3. The quantitative estimate of drug-likeness (QED) is 0.451. The summed E-state index contributed by atoms with van der Waals surface area (Å²) in [7, 11) is 0. The van der Waals surface area contributed by atoms with Gasteiger partial charge < -0.3 is 16.4 Å². The number of benzene rings is 1. The molecular weight excluding hydrogens is 325 g/mol. The van der Waals surface area contributed by atoms with E-state index in [-0.39, 0.29) is 6.42 Å².